The van der Waals surface area contributed by atoms with Gasteiger partial charge in [0.25, 0.3) is 0 Å². The Labute approximate surface area is 120 Å². The summed E-state index contributed by atoms with van der Waals surface area (Å²) in [6.45, 7) is 2.30. The first-order valence-corrected chi connectivity index (χ1v) is 7.28. The topological polar surface area (TPSA) is 58.6 Å². The van der Waals surface area contributed by atoms with Crippen LogP contribution in [0.5, 0.6) is 0 Å². The van der Waals surface area contributed by atoms with E-state index in [4.69, 9.17) is 9.84 Å². The van der Waals surface area contributed by atoms with E-state index in [1.54, 1.807) is 12.1 Å². The van der Waals surface area contributed by atoms with E-state index in [0.29, 0.717) is 11.6 Å². The summed E-state index contributed by atoms with van der Waals surface area (Å²) in [5, 5.41) is 11.8. The van der Waals surface area contributed by atoms with Crippen molar-refractivity contribution in [1.29, 1.82) is 0 Å². The van der Waals surface area contributed by atoms with Gasteiger partial charge in [-0.1, -0.05) is 31.9 Å². The van der Waals surface area contributed by atoms with E-state index in [9.17, 15) is 4.79 Å². The molecule has 1 aromatic carbocycles. The number of aliphatic hydroxyl groups excluding tert-OH is 1. The summed E-state index contributed by atoms with van der Waals surface area (Å²) in [5.74, 6) is 0.552. The Kier molecular flexibility index (Phi) is 5.56. The molecule has 1 fully saturated rings. The van der Waals surface area contributed by atoms with Crippen molar-refractivity contribution in [3.8, 4) is 0 Å². The predicted octanol–water partition coefficient (Wildman–Crippen LogP) is 2.71. The third-order valence-electron chi connectivity index (χ3n) is 3.73. The van der Waals surface area contributed by atoms with Crippen molar-refractivity contribution in [2.24, 2.45) is 5.92 Å². The van der Waals surface area contributed by atoms with Crippen LogP contribution >= 0.6 is 0 Å². The van der Waals surface area contributed by atoms with Gasteiger partial charge >= 0.3 is 0 Å². The molecule has 1 aliphatic carbocycles. The van der Waals surface area contributed by atoms with Gasteiger partial charge in [-0.3, -0.25) is 4.79 Å². The Morgan fingerprint density at radius 3 is 3.05 bits per heavy atom. The molecule has 4 heteroatoms. The molecule has 0 aromatic heterocycles. The maximum Gasteiger partial charge on any atom is 0.250 e. The minimum atomic E-state index is -0.140. The van der Waals surface area contributed by atoms with Gasteiger partial charge in [-0.15, -0.1) is 0 Å². The zero-order valence-electron chi connectivity index (χ0n) is 12.0. The van der Waals surface area contributed by atoms with Crippen LogP contribution in [-0.4, -0.2) is 23.7 Å². The highest BCUT2D eigenvalue weighted by atomic mass is 16.5. The number of aliphatic hydroxyl groups is 1. The number of hydrogen-bond donors (Lipinski definition) is 2. The molecule has 110 valence electrons. The summed E-state index contributed by atoms with van der Waals surface area (Å²) in [4.78, 5) is 11.8. The van der Waals surface area contributed by atoms with Gasteiger partial charge < -0.3 is 15.2 Å². The number of ether oxygens (including phenoxy) is 1. The van der Waals surface area contributed by atoms with Crippen molar-refractivity contribution < 1.29 is 14.6 Å². The van der Waals surface area contributed by atoms with Crippen molar-refractivity contribution in [2.75, 3.05) is 11.9 Å². The average Bonchev–Trinajstić information content (AvgIpc) is 2.45. The van der Waals surface area contributed by atoms with Crippen molar-refractivity contribution in [2.45, 2.75) is 45.3 Å². The van der Waals surface area contributed by atoms with Gasteiger partial charge in [0.1, 0.15) is 6.61 Å². The molecule has 2 atom stereocenters. The number of amides is 1. The molecular formula is C16H23NO3. The third-order valence-corrected chi connectivity index (χ3v) is 3.73. The molecule has 0 heterocycles. The molecule has 1 aliphatic rings. The van der Waals surface area contributed by atoms with E-state index in [-0.39, 0.29) is 25.2 Å². The minimum absolute atomic E-state index is 0.0276. The molecule has 0 radical (unpaired) electrons. The van der Waals surface area contributed by atoms with Crippen LogP contribution in [-0.2, 0) is 16.1 Å². The number of carbonyl (C=O) groups is 1. The zero-order valence-corrected chi connectivity index (χ0v) is 12.0. The van der Waals surface area contributed by atoms with Crippen LogP contribution in [0.25, 0.3) is 0 Å². The highest BCUT2D eigenvalue weighted by molar-refractivity contribution is 5.91. The molecule has 0 aliphatic heterocycles. The Hall–Kier alpha value is -1.39. The van der Waals surface area contributed by atoms with Gasteiger partial charge in [0.15, 0.2) is 0 Å². The van der Waals surface area contributed by atoms with Crippen LogP contribution in [0.15, 0.2) is 24.3 Å². The second-order valence-electron chi connectivity index (χ2n) is 5.61. The smallest absolute Gasteiger partial charge is 0.250 e. The van der Waals surface area contributed by atoms with Crippen LogP contribution in [0, 0.1) is 5.92 Å². The molecule has 0 saturated heterocycles. The largest absolute Gasteiger partial charge is 0.392 e. The Balaban J connectivity index is 1.77. The molecule has 20 heavy (non-hydrogen) atoms. The van der Waals surface area contributed by atoms with E-state index in [1.165, 1.54) is 12.8 Å². The van der Waals surface area contributed by atoms with Crippen LogP contribution in [0.4, 0.5) is 5.69 Å². The van der Waals surface area contributed by atoms with Crippen LogP contribution in [0.1, 0.15) is 38.2 Å². The molecular weight excluding hydrogens is 254 g/mol. The summed E-state index contributed by atoms with van der Waals surface area (Å²) in [7, 11) is 0. The molecule has 1 saturated carbocycles. The number of rotatable bonds is 5. The Bertz CT molecular complexity index is 447. The molecule has 1 aromatic rings. The van der Waals surface area contributed by atoms with Gasteiger partial charge in [0, 0.05) is 5.69 Å². The summed E-state index contributed by atoms with van der Waals surface area (Å²) >= 11 is 0. The number of anilines is 1. The second kappa shape index (κ2) is 7.41. The van der Waals surface area contributed by atoms with E-state index in [2.05, 4.69) is 12.2 Å². The second-order valence-corrected chi connectivity index (χ2v) is 5.61. The summed E-state index contributed by atoms with van der Waals surface area (Å²) < 4.78 is 5.68. The zero-order chi connectivity index (χ0) is 14.4. The first-order valence-electron chi connectivity index (χ1n) is 7.28. The summed E-state index contributed by atoms with van der Waals surface area (Å²) in [5.41, 5.74) is 1.48. The highest BCUT2D eigenvalue weighted by Gasteiger charge is 2.20. The molecule has 1 amide bonds. The molecule has 2 N–H and O–H groups in total. The quantitative estimate of drug-likeness (QED) is 0.870. The van der Waals surface area contributed by atoms with E-state index < -0.39 is 0 Å². The fourth-order valence-corrected chi connectivity index (χ4v) is 2.67. The molecule has 0 spiro atoms. The van der Waals surface area contributed by atoms with Crippen LogP contribution in [0.2, 0.25) is 0 Å². The first-order chi connectivity index (χ1) is 9.67. The molecule has 0 bridgehead atoms. The molecule has 0 unspecified atom stereocenters. The van der Waals surface area contributed by atoms with Gasteiger partial charge in [-0.25, -0.2) is 0 Å². The Morgan fingerprint density at radius 2 is 2.30 bits per heavy atom. The third kappa shape index (κ3) is 4.62. The highest BCUT2D eigenvalue weighted by Crippen LogP contribution is 2.25. The van der Waals surface area contributed by atoms with E-state index in [0.717, 1.165) is 18.4 Å². The SMILES string of the molecule is C[C@@H]1CCC[C@@H](OCC(=O)Nc2cccc(CO)c2)C1. The van der Waals surface area contributed by atoms with Crippen molar-refractivity contribution in [3.05, 3.63) is 29.8 Å². The Morgan fingerprint density at radius 1 is 1.45 bits per heavy atom. The number of nitrogens with one attached hydrogen (secondary N) is 1. The lowest BCUT2D eigenvalue weighted by Gasteiger charge is -2.26. The summed E-state index contributed by atoms with van der Waals surface area (Å²) in [6.07, 6.45) is 4.77. The fourth-order valence-electron chi connectivity index (χ4n) is 2.67. The fraction of sp³-hybridized carbons (Fsp3) is 0.562. The van der Waals surface area contributed by atoms with E-state index >= 15 is 0 Å². The molecule has 4 nitrogen and oxygen atoms in total. The standard InChI is InChI=1S/C16H23NO3/c1-12-4-2-7-15(8-12)20-11-16(19)17-14-6-3-5-13(9-14)10-18/h3,5-6,9,12,15,18H,2,4,7-8,10-11H2,1H3,(H,17,19)/t12-,15-/m1/s1. The average molecular weight is 277 g/mol. The minimum Gasteiger partial charge on any atom is -0.392 e. The van der Waals surface area contributed by atoms with Crippen molar-refractivity contribution in [3.63, 3.8) is 0 Å². The predicted molar refractivity (Wildman–Crippen MR) is 78.4 cm³/mol. The number of benzene rings is 1. The van der Waals surface area contributed by atoms with Crippen molar-refractivity contribution >= 4 is 11.6 Å². The number of hydrogen-bond acceptors (Lipinski definition) is 3. The monoisotopic (exact) mass is 277 g/mol. The van der Waals surface area contributed by atoms with Gasteiger partial charge in [0.2, 0.25) is 5.91 Å². The lowest BCUT2D eigenvalue weighted by molar-refractivity contribution is -0.123. The van der Waals surface area contributed by atoms with Crippen LogP contribution < -0.4 is 5.32 Å². The molecule has 2 rings (SSSR count). The normalized spacial score (nSPS) is 22.5. The maximum atomic E-state index is 11.8. The summed E-state index contributed by atoms with van der Waals surface area (Å²) in [6, 6.07) is 7.20. The van der Waals surface area contributed by atoms with Gasteiger partial charge in [-0.05, 0) is 36.5 Å². The van der Waals surface area contributed by atoms with Gasteiger partial charge in [-0.2, -0.15) is 0 Å². The van der Waals surface area contributed by atoms with E-state index in [1.807, 2.05) is 12.1 Å². The first kappa shape index (κ1) is 15.0. The number of carbonyl (C=O) groups excluding carboxylic acids is 1. The maximum absolute atomic E-state index is 11.8. The van der Waals surface area contributed by atoms with Gasteiger partial charge in [0.05, 0.1) is 12.7 Å². The lowest BCUT2D eigenvalue weighted by Crippen LogP contribution is -2.27. The van der Waals surface area contributed by atoms with Crippen LogP contribution in [0.3, 0.4) is 0 Å². The lowest BCUT2D eigenvalue weighted by atomic mass is 9.89. The van der Waals surface area contributed by atoms with Crippen molar-refractivity contribution in [1.82, 2.24) is 0 Å².